The lowest BCUT2D eigenvalue weighted by atomic mass is 10.4. The van der Waals surface area contributed by atoms with Crippen molar-refractivity contribution in [3.63, 3.8) is 0 Å². The largest absolute Gasteiger partial charge is 0.445 e. The first-order valence-corrected chi connectivity index (χ1v) is 7.35. The minimum Gasteiger partial charge on any atom is -0.337 e. The molecule has 2 N–H and O–H groups in total. The van der Waals surface area contributed by atoms with E-state index in [2.05, 4.69) is 25.8 Å². The number of nitrogens with zero attached hydrogens (tertiary/aromatic N) is 3. The number of anilines is 1. The van der Waals surface area contributed by atoms with Gasteiger partial charge in [-0.15, -0.1) is 21.5 Å². The number of carbonyl (C=O) groups is 1. The van der Waals surface area contributed by atoms with E-state index in [0.29, 0.717) is 13.0 Å². The van der Waals surface area contributed by atoms with Gasteiger partial charge in [0.1, 0.15) is 0 Å². The molecule has 0 aromatic carbocycles. The predicted octanol–water partition coefficient (Wildman–Crippen LogP) is 2.69. The van der Waals surface area contributed by atoms with E-state index in [9.17, 15) is 18.0 Å². The molecule has 0 fully saturated rings. The average Bonchev–Trinajstić information content (AvgIpc) is 2.98. The van der Waals surface area contributed by atoms with E-state index in [4.69, 9.17) is 0 Å². The lowest BCUT2D eigenvalue weighted by molar-refractivity contribution is -0.138. The van der Waals surface area contributed by atoms with Gasteiger partial charge in [-0.3, -0.25) is 5.32 Å². The van der Waals surface area contributed by atoms with Crippen molar-refractivity contribution in [1.82, 2.24) is 20.5 Å². The highest BCUT2D eigenvalue weighted by Crippen LogP contribution is 2.32. The Labute approximate surface area is 125 Å². The van der Waals surface area contributed by atoms with Crippen LogP contribution in [0.2, 0.25) is 0 Å². The summed E-state index contributed by atoms with van der Waals surface area (Å²) in [5.74, 6) is 0. The zero-order valence-electron chi connectivity index (χ0n) is 10.7. The minimum atomic E-state index is -4.56. The zero-order chi connectivity index (χ0) is 15.5. The van der Waals surface area contributed by atoms with Crippen molar-refractivity contribution in [3.8, 4) is 0 Å². The van der Waals surface area contributed by atoms with Crippen LogP contribution >= 0.6 is 22.7 Å². The fraction of sp³-hybridized carbons (Fsp3) is 0.400. The number of amides is 2. The summed E-state index contributed by atoms with van der Waals surface area (Å²) in [4.78, 5) is 16.7. The molecule has 0 spiro atoms. The molecule has 2 aromatic heterocycles. The predicted molar refractivity (Wildman–Crippen MR) is 72.5 cm³/mol. The minimum absolute atomic E-state index is 0.204. The number of hydrogen-bond donors (Lipinski definition) is 2. The highest BCUT2D eigenvalue weighted by atomic mass is 32.1. The number of rotatable bonds is 4. The van der Waals surface area contributed by atoms with Crippen LogP contribution in [-0.2, 0) is 12.6 Å². The van der Waals surface area contributed by atoms with Crippen molar-refractivity contribution in [2.75, 3.05) is 11.9 Å². The molecule has 2 heterocycles. The second kappa shape index (κ2) is 6.35. The molecular weight excluding hydrogens is 327 g/mol. The van der Waals surface area contributed by atoms with Crippen molar-refractivity contribution in [3.05, 3.63) is 21.1 Å². The Hall–Kier alpha value is -1.75. The molecule has 0 saturated carbocycles. The van der Waals surface area contributed by atoms with Gasteiger partial charge in [0.15, 0.2) is 0 Å². The quantitative estimate of drug-likeness (QED) is 0.899. The Morgan fingerprint density at radius 1 is 1.33 bits per heavy atom. The SMILES string of the molecule is Cc1cnc(CCNC(=O)Nc2nnc(C(F)(F)F)s2)s1. The van der Waals surface area contributed by atoms with Gasteiger partial charge in [-0.05, 0) is 6.92 Å². The third-order valence-electron chi connectivity index (χ3n) is 2.18. The molecule has 0 saturated heterocycles. The first kappa shape index (κ1) is 15.6. The van der Waals surface area contributed by atoms with E-state index < -0.39 is 17.2 Å². The Morgan fingerprint density at radius 2 is 2.10 bits per heavy atom. The molecule has 2 rings (SSSR count). The van der Waals surface area contributed by atoms with Gasteiger partial charge in [0.25, 0.3) is 0 Å². The van der Waals surface area contributed by atoms with Crippen LogP contribution in [0.4, 0.5) is 23.1 Å². The summed E-state index contributed by atoms with van der Waals surface area (Å²) in [7, 11) is 0. The maximum absolute atomic E-state index is 12.3. The normalized spacial score (nSPS) is 11.4. The van der Waals surface area contributed by atoms with Crippen molar-refractivity contribution < 1.29 is 18.0 Å². The summed E-state index contributed by atoms with van der Waals surface area (Å²) in [5, 5.41) is 10.5. The number of carbonyl (C=O) groups excluding carboxylic acids is 1. The second-order valence-corrected chi connectivity index (χ2v) is 6.20. The number of aromatic nitrogens is 3. The molecule has 6 nitrogen and oxygen atoms in total. The number of thiazole rings is 1. The zero-order valence-corrected chi connectivity index (χ0v) is 12.3. The maximum Gasteiger partial charge on any atom is 0.445 e. The van der Waals surface area contributed by atoms with E-state index in [1.807, 2.05) is 6.92 Å². The molecule has 2 aromatic rings. The molecule has 0 aliphatic heterocycles. The van der Waals surface area contributed by atoms with Crippen molar-refractivity contribution in [2.45, 2.75) is 19.5 Å². The number of halogens is 3. The Bertz CT molecular complexity index is 624. The number of hydrogen-bond acceptors (Lipinski definition) is 6. The molecule has 11 heteroatoms. The molecule has 114 valence electrons. The van der Waals surface area contributed by atoms with Crippen molar-refractivity contribution in [2.24, 2.45) is 0 Å². The van der Waals surface area contributed by atoms with Gasteiger partial charge < -0.3 is 5.32 Å². The molecule has 21 heavy (non-hydrogen) atoms. The summed E-state index contributed by atoms with van der Waals surface area (Å²) in [6, 6.07) is -0.631. The third-order valence-corrected chi connectivity index (χ3v) is 4.04. The van der Waals surface area contributed by atoms with Crippen molar-refractivity contribution >= 4 is 33.8 Å². The van der Waals surface area contributed by atoms with Crippen LogP contribution in [0.15, 0.2) is 6.20 Å². The molecule has 0 atom stereocenters. The topological polar surface area (TPSA) is 79.8 Å². The van der Waals surface area contributed by atoms with Gasteiger partial charge in [0.2, 0.25) is 10.1 Å². The average molecular weight is 337 g/mol. The maximum atomic E-state index is 12.3. The standard InChI is InChI=1S/C10H10F3N5OS2/c1-5-4-15-6(20-5)2-3-14-8(19)16-9-18-17-7(21-9)10(11,12)13/h4H,2-3H2,1H3,(H2,14,16,18,19). The van der Waals surface area contributed by atoms with Gasteiger partial charge in [0, 0.05) is 24.0 Å². The highest BCUT2D eigenvalue weighted by Gasteiger charge is 2.35. The van der Waals surface area contributed by atoms with Crippen LogP contribution in [0.5, 0.6) is 0 Å². The van der Waals surface area contributed by atoms with E-state index in [0.717, 1.165) is 9.88 Å². The molecule has 0 aliphatic rings. The monoisotopic (exact) mass is 337 g/mol. The molecule has 0 aliphatic carbocycles. The van der Waals surface area contributed by atoms with E-state index >= 15 is 0 Å². The molecular formula is C10H10F3N5OS2. The van der Waals surface area contributed by atoms with Crippen LogP contribution in [-0.4, -0.2) is 27.8 Å². The van der Waals surface area contributed by atoms with Gasteiger partial charge in [-0.25, -0.2) is 9.78 Å². The molecule has 0 bridgehead atoms. The molecule has 0 unspecified atom stereocenters. The summed E-state index contributed by atoms with van der Waals surface area (Å²) < 4.78 is 36.9. The van der Waals surface area contributed by atoms with Crippen LogP contribution in [0.1, 0.15) is 14.9 Å². The molecule has 2 amide bonds. The molecule has 0 radical (unpaired) electrons. The van der Waals surface area contributed by atoms with Gasteiger partial charge in [-0.2, -0.15) is 13.2 Å². The fourth-order valence-electron chi connectivity index (χ4n) is 1.33. The second-order valence-electron chi connectivity index (χ2n) is 3.91. The first-order chi connectivity index (χ1) is 9.84. The number of aryl methyl sites for hydroxylation is 1. The number of nitrogens with one attached hydrogen (secondary N) is 2. The fourth-order valence-corrected chi connectivity index (χ4v) is 2.72. The lowest BCUT2D eigenvalue weighted by Crippen LogP contribution is -2.30. The highest BCUT2D eigenvalue weighted by molar-refractivity contribution is 7.15. The summed E-state index contributed by atoms with van der Waals surface area (Å²) >= 11 is 1.79. The number of alkyl halides is 3. The Morgan fingerprint density at radius 3 is 2.67 bits per heavy atom. The van der Waals surface area contributed by atoms with E-state index in [-0.39, 0.29) is 16.5 Å². The smallest absolute Gasteiger partial charge is 0.337 e. The van der Waals surface area contributed by atoms with Crippen LogP contribution < -0.4 is 10.6 Å². The number of urea groups is 1. The van der Waals surface area contributed by atoms with E-state index in [1.54, 1.807) is 6.20 Å². The van der Waals surface area contributed by atoms with Crippen LogP contribution in [0.25, 0.3) is 0 Å². The Balaban J connectivity index is 1.78. The summed E-state index contributed by atoms with van der Waals surface area (Å²) in [6.45, 7) is 2.25. The van der Waals surface area contributed by atoms with Crippen LogP contribution in [0.3, 0.4) is 0 Å². The van der Waals surface area contributed by atoms with Gasteiger partial charge in [0.05, 0.1) is 5.01 Å². The lowest BCUT2D eigenvalue weighted by Gasteiger charge is -2.03. The summed E-state index contributed by atoms with van der Waals surface area (Å²) in [6.07, 6.45) is -2.27. The van der Waals surface area contributed by atoms with Crippen molar-refractivity contribution in [1.29, 1.82) is 0 Å². The summed E-state index contributed by atoms with van der Waals surface area (Å²) in [5.41, 5.74) is 0. The van der Waals surface area contributed by atoms with Gasteiger partial charge in [-0.1, -0.05) is 11.3 Å². The van der Waals surface area contributed by atoms with E-state index in [1.165, 1.54) is 11.3 Å². The first-order valence-electron chi connectivity index (χ1n) is 5.71. The third kappa shape index (κ3) is 4.63. The van der Waals surface area contributed by atoms with Crippen LogP contribution in [0, 0.1) is 6.92 Å². The Kier molecular flexibility index (Phi) is 4.73. The van der Waals surface area contributed by atoms with Gasteiger partial charge >= 0.3 is 12.2 Å².